The van der Waals surface area contributed by atoms with Crippen molar-refractivity contribution in [2.45, 2.75) is 23.8 Å². The van der Waals surface area contributed by atoms with Crippen LogP contribution in [0.3, 0.4) is 0 Å². The monoisotopic (exact) mass is 402 g/mol. The van der Waals surface area contributed by atoms with Crippen LogP contribution in [0.1, 0.15) is 13.3 Å². The molecule has 2 aromatic heterocycles. The number of aromatic nitrogens is 4. The highest BCUT2D eigenvalue weighted by molar-refractivity contribution is 8.00. The fraction of sp³-hybridized carbons (Fsp3) is 0.235. The third kappa shape index (κ3) is 4.92. The topological polar surface area (TPSA) is 116 Å². The maximum atomic E-state index is 12.6. The van der Waals surface area contributed by atoms with Crippen LogP contribution in [-0.2, 0) is 4.79 Å². The molecule has 10 heteroatoms. The zero-order valence-electron chi connectivity index (χ0n) is 14.7. The number of anilines is 2. The molecule has 140 valence electrons. The molecule has 1 amide bonds. The van der Waals surface area contributed by atoms with Crippen LogP contribution in [0.25, 0.3) is 11.3 Å². The number of methoxy groups -OCH3 is 1. The maximum Gasteiger partial charge on any atom is 0.239 e. The van der Waals surface area contributed by atoms with Crippen LogP contribution in [0.15, 0.2) is 41.1 Å². The van der Waals surface area contributed by atoms with Gasteiger partial charge < -0.3 is 15.8 Å². The number of hydrogen-bond donors (Lipinski definition) is 2. The summed E-state index contributed by atoms with van der Waals surface area (Å²) < 4.78 is 5.24. The van der Waals surface area contributed by atoms with E-state index in [0.29, 0.717) is 16.7 Å². The van der Waals surface area contributed by atoms with E-state index in [1.165, 1.54) is 29.4 Å². The van der Waals surface area contributed by atoms with Crippen LogP contribution < -0.4 is 15.8 Å². The molecule has 1 aromatic carbocycles. The summed E-state index contributed by atoms with van der Waals surface area (Å²) in [7, 11) is 1.62. The van der Waals surface area contributed by atoms with Crippen molar-refractivity contribution in [3.63, 3.8) is 0 Å². The fourth-order valence-corrected chi connectivity index (χ4v) is 3.80. The van der Waals surface area contributed by atoms with Crippen molar-refractivity contribution in [1.82, 2.24) is 19.9 Å². The summed E-state index contributed by atoms with van der Waals surface area (Å²) in [6.45, 7) is 1.92. The van der Waals surface area contributed by atoms with Gasteiger partial charge in [-0.1, -0.05) is 30.8 Å². The Kier molecular flexibility index (Phi) is 6.20. The van der Waals surface area contributed by atoms with Crippen LogP contribution in [-0.4, -0.2) is 38.2 Å². The lowest BCUT2D eigenvalue weighted by molar-refractivity contribution is -0.115. The molecular formula is C17H18N6O2S2. The molecule has 0 saturated heterocycles. The number of amides is 1. The molecule has 0 fully saturated rings. The summed E-state index contributed by atoms with van der Waals surface area (Å²) in [5.74, 6) is 0.726. The smallest absolute Gasteiger partial charge is 0.239 e. The molecule has 3 aromatic rings. The second-order valence-electron chi connectivity index (χ2n) is 5.40. The molecule has 0 saturated carbocycles. The number of rotatable bonds is 7. The minimum absolute atomic E-state index is 0.130. The first-order valence-corrected chi connectivity index (χ1v) is 9.87. The van der Waals surface area contributed by atoms with Crippen molar-refractivity contribution in [2.24, 2.45) is 0 Å². The summed E-state index contributed by atoms with van der Waals surface area (Å²) in [6, 6.07) is 7.61. The van der Waals surface area contributed by atoms with Gasteiger partial charge in [-0.2, -0.15) is 4.98 Å². The van der Waals surface area contributed by atoms with Crippen molar-refractivity contribution in [3.8, 4) is 17.0 Å². The van der Waals surface area contributed by atoms with Gasteiger partial charge in [-0.05, 0) is 18.6 Å². The summed E-state index contributed by atoms with van der Waals surface area (Å²) in [5.41, 5.74) is 7.26. The fourth-order valence-electron chi connectivity index (χ4n) is 2.23. The summed E-state index contributed by atoms with van der Waals surface area (Å²) in [6.07, 6.45) is 1.94. The minimum atomic E-state index is -0.365. The number of nitrogens with one attached hydrogen (secondary N) is 1. The van der Waals surface area contributed by atoms with E-state index in [1.807, 2.05) is 36.6 Å². The Hall–Kier alpha value is -2.72. The summed E-state index contributed by atoms with van der Waals surface area (Å²) in [5, 5.41) is 5.34. The predicted octanol–water partition coefficient (Wildman–Crippen LogP) is 3.10. The molecule has 0 bridgehead atoms. The molecular weight excluding hydrogens is 384 g/mol. The maximum absolute atomic E-state index is 12.6. The molecule has 3 rings (SSSR count). The molecule has 2 heterocycles. The molecule has 0 aliphatic rings. The van der Waals surface area contributed by atoms with E-state index in [1.54, 1.807) is 7.11 Å². The Labute approximate surface area is 164 Å². The van der Waals surface area contributed by atoms with Gasteiger partial charge >= 0.3 is 0 Å². The lowest BCUT2D eigenvalue weighted by Gasteiger charge is -2.12. The van der Waals surface area contributed by atoms with E-state index in [4.69, 9.17) is 10.5 Å². The average Bonchev–Trinajstić information content (AvgIpc) is 3.14. The molecule has 0 aliphatic heterocycles. The molecule has 0 aliphatic carbocycles. The van der Waals surface area contributed by atoms with E-state index in [9.17, 15) is 4.79 Å². The van der Waals surface area contributed by atoms with Gasteiger partial charge in [0.1, 0.15) is 12.1 Å². The Morgan fingerprint density at radius 1 is 1.37 bits per heavy atom. The second kappa shape index (κ2) is 8.78. The predicted molar refractivity (Wildman–Crippen MR) is 107 cm³/mol. The van der Waals surface area contributed by atoms with E-state index in [0.717, 1.165) is 17.0 Å². The van der Waals surface area contributed by atoms with Gasteiger partial charge in [0.2, 0.25) is 11.9 Å². The molecule has 0 spiro atoms. The van der Waals surface area contributed by atoms with E-state index >= 15 is 0 Å². The highest BCUT2D eigenvalue weighted by atomic mass is 32.2. The van der Waals surface area contributed by atoms with Crippen LogP contribution >= 0.6 is 23.1 Å². The number of nitrogen functional groups attached to an aromatic ring is 1. The number of hydrogen-bond acceptors (Lipinski definition) is 9. The molecule has 1 atom stereocenters. The molecule has 8 nitrogen and oxygen atoms in total. The SMILES string of the molecule is CCC(Sc1ncnc(N)n1)C(=O)Nc1nc(-c2cccc(OC)c2)cs1. The van der Waals surface area contributed by atoms with Crippen LogP contribution in [0.5, 0.6) is 5.75 Å². The largest absolute Gasteiger partial charge is 0.497 e. The lowest BCUT2D eigenvalue weighted by Crippen LogP contribution is -2.24. The highest BCUT2D eigenvalue weighted by Crippen LogP contribution is 2.29. The number of thiazole rings is 1. The summed E-state index contributed by atoms with van der Waals surface area (Å²) in [4.78, 5) is 28.9. The van der Waals surface area contributed by atoms with E-state index < -0.39 is 0 Å². The van der Waals surface area contributed by atoms with Gasteiger partial charge in [0, 0.05) is 10.9 Å². The quantitative estimate of drug-likeness (QED) is 0.579. The zero-order chi connectivity index (χ0) is 19.2. The van der Waals surface area contributed by atoms with E-state index in [-0.39, 0.29) is 17.1 Å². The Balaban J connectivity index is 1.68. The van der Waals surface area contributed by atoms with Crippen molar-refractivity contribution >= 4 is 40.1 Å². The minimum Gasteiger partial charge on any atom is -0.497 e. The van der Waals surface area contributed by atoms with Gasteiger partial charge in [0.25, 0.3) is 0 Å². The molecule has 27 heavy (non-hydrogen) atoms. The number of benzene rings is 1. The second-order valence-corrected chi connectivity index (χ2v) is 7.43. The van der Waals surface area contributed by atoms with E-state index in [2.05, 4.69) is 25.3 Å². The van der Waals surface area contributed by atoms with Crippen LogP contribution in [0, 0.1) is 0 Å². The number of nitrogens with two attached hydrogens (primary N) is 1. The first-order chi connectivity index (χ1) is 13.1. The number of ether oxygens (including phenoxy) is 1. The molecule has 3 N–H and O–H groups in total. The first-order valence-electron chi connectivity index (χ1n) is 8.11. The van der Waals surface area contributed by atoms with Gasteiger partial charge in [-0.25, -0.2) is 15.0 Å². The van der Waals surface area contributed by atoms with Crippen molar-refractivity contribution < 1.29 is 9.53 Å². The number of thioether (sulfide) groups is 1. The Morgan fingerprint density at radius 3 is 2.96 bits per heavy atom. The van der Waals surface area contributed by atoms with Crippen molar-refractivity contribution in [2.75, 3.05) is 18.2 Å². The third-order valence-electron chi connectivity index (χ3n) is 3.58. The zero-order valence-corrected chi connectivity index (χ0v) is 16.4. The normalized spacial score (nSPS) is 11.8. The van der Waals surface area contributed by atoms with Gasteiger partial charge in [-0.15, -0.1) is 11.3 Å². The van der Waals surface area contributed by atoms with Gasteiger partial charge in [-0.3, -0.25) is 4.79 Å². The lowest BCUT2D eigenvalue weighted by atomic mass is 10.2. The van der Waals surface area contributed by atoms with Gasteiger partial charge in [0.15, 0.2) is 10.3 Å². The highest BCUT2D eigenvalue weighted by Gasteiger charge is 2.21. The average molecular weight is 403 g/mol. The number of carbonyl (C=O) groups is 1. The number of nitrogens with zero attached hydrogens (tertiary/aromatic N) is 4. The Bertz CT molecular complexity index is 933. The number of carbonyl (C=O) groups excluding carboxylic acids is 1. The van der Waals surface area contributed by atoms with Crippen LogP contribution in [0.4, 0.5) is 11.1 Å². The standard InChI is InChI=1S/C17H18N6O2S2/c1-3-13(27-16-20-9-19-15(18)23-16)14(24)22-17-21-12(8-26-17)10-5-4-6-11(7-10)25-2/h4-9,13H,3H2,1-2H3,(H,21,22,24)(H2,18,19,20,23). The van der Waals surface area contributed by atoms with Gasteiger partial charge in [0.05, 0.1) is 18.1 Å². The van der Waals surface area contributed by atoms with Crippen LogP contribution in [0.2, 0.25) is 0 Å². The van der Waals surface area contributed by atoms with Crippen molar-refractivity contribution in [1.29, 1.82) is 0 Å². The molecule has 0 radical (unpaired) electrons. The summed E-state index contributed by atoms with van der Waals surface area (Å²) >= 11 is 2.61. The molecule has 1 unspecified atom stereocenters. The Morgan fingerprint density at radius 2 is 2.22 bits per heavy atom. The van der Waals surface area contributed by atoms with Crippen molar-refractivity contribution in [3.05, 3.63) is 36.0 Å². The third-order valence-corrected chi connectivity index (χ3v) is 5.58. The first kappa shape index (κ1) is 19.1.